The first-order valence-electron chi connectivity index (χ1n) is 8.46. The molecule has 2 rings (SSSR count). The normalized spacial score (nSPS) is 16.9. The van der Waals surface area contributed by atoms with Crippen molar-refractivity contribution in [3.8, 4) is 0 Å². The molecule has 1 fully saturated rings. The van der Waals surface area contributed by atoms with Crippen LogP contribution in [-0.4, -0.2) is 25.6 Å². The van der Waals surface area contributed by atoms with E-state index < -0.39 is 0 Å². The molecule has 0 aromatic heterocycles. The van der Waals surface area contributed by atoms with Crippen molar-refractivity contribution in [3.05, 3.63) is 60.7 Å². The van der Waals surface area contributed by atoms with E-state index in [2.05, 4.69) is 13.2 Å². The number of rotatable bonds is 10. The van der Waals surface area contributed by atoms with Crippen molar-refractivity contribution in [1.29, 1.82) is 0 Å². The molecule has 1 aliphatic carbocycles. The molecule has 0 amide bonds. The second kappa shape index (κ2) is 10.4. The largest absolute Gasteiger partial charge is 0.372 e. The molecule has 0 saturated heterocycles. The van der Waals surface area contributed by atoms with Gasteiger partial charge in [0.1, 0.15) is 0 Å². The van der Waals surface area contributed by atoms with Gasteiger partial charge >= 0.3 is 0 Å². The summed E-state index contributed by atoms with van der Waals surface area (Å²) in [4.78, 5) is 0. The van der Waals surface area contributed by atoms with Crippen molar-refractivity contribution < 1.29 is 14.2 Å². The summed E-state index contributed by atoms with van der Waals surface area (Å²) in [6.07, 6.45) is 7.70. The Bertz CT molecular complexity index is 463. The molecule has 1 aromatic carbocycles. The lowest BCUT2D eigenvalue weighted by Crippen LogP contribution is -2.25. The highest BCUT2D eigenvalue weighted by molar-refractivity contribution is 5.13. The average molecular weight is 316 g/mol. The minimum atomic E-state index is -0.357. The van der Waals surface area contributed by atoms with Gasteiger partial charge in [-0.2, -0.15) is 0 Å². The highest BCUT2D eigenvalue weighted by Crippen LogP contribution is 2.22. The van der Waals surface area contributed by atoms with E-state index >= 15 is 0 Å². The average Bonchev–Trinajstić information content (AvgIpc) is 2.60. The van der Waals surface area contributed by atoms with E-state index in [-0.39, 0.29) is 6.29 Å². The Morgan fingerprint density at radius 3 is 2.57 bits per heavy atom. The van der Waals surface area contributed by atoms with Crippen molar-refractivity contribution >= 4 is 0 Å². The van der Waals surface area contributed by atoms with Crippen molar-refractivity contribution in [2.24, 2.45) is 0 Å². The number of benzene rings is 1. The third-order valence-corrected chi connectivity index (χ3v) is 3.94. The zero-order chi connectivity index (χ0) is 16.3. The molecule has 0 aliphatic heterocycles. The number of ether oxygens (including phenoxy) is 3. The molecule has 0 heterocycles. The highest BCUT2D eigenvalue weighted by Gasteiger charge is 2.17. The Labute approximate surface area is 139 Å². The number of hydrogen-bond acceptors (Lipinski definition) is 3. The van der Waals surface area contributed by atoms with Crippen LogP contribution >= 0.6 is 0 Å². The van der Waals surface area contributed by atoms with E-state index in [9.17, 15) is 0 Å². The Morgan fingerprint density at radius 1 is 1.13 bits per heavy atom. The van der Waals surface area contributed by atoms with Gasteiger partial charge in [-0.1, -0.05) is 62.8 Å². The van der Waals surface area contributed by atoms with Crippen molar-refractivity contribution in [2.45, 2.75) is 51.1 Å². The highest BCUT2D eigenvalue weighted by atomic mass is 16.7. The Balaban J connectivity index is 1.61. The summed E-state index contributed by atoms with van der Waals surface area (Å²) in [5.41, 5.74) is 2.06. The molecule has 0 spiro atoms. The molecule has 1 aromatic rings. The fraction of sp³-hybridized carbons (Fsp3) is 0.500. The maximum atomic E-state index is 5.94. The molecule has 23 heavy (non-hydrogen) atoms. The van der Waals surface area contributed by atoms with Crippen LogP contribution in [0, 0.1) is 0 Å². The van der Waals surface area contributed by atoms with E-state index in [1.165, 1.54) is 19.3 Å². The molecule has 0 radical (unpaired) electrons. The van der Waals surface area contributed by atoms with Gasteiger partial charge < -0.3 is 14.2 Å². The fourth-order valence-corrected chi connectivity index (χ4v) is 2.68. The molecule has 3 heteroatoms. The topological polar surface area (TPSA) is 27.7 Å². The zero-order valence-corrected chi connectivity index (χ0v) is 13.9. The van der Waals surface area contributed by atoms with Crippen LogP contribution in [0.2, 0.25) is 0 Å². The van der Waals surface area contributed by atoms with E-state index in [0.717, 1.165) is 24.0 Å². The van der Waals surface area contributed by atoms with Gasteiger partial charge in [-0.3, -0.25) is 0 Å². The Hall–Kier alpha value is -1.42. The van der Waals surface area contributed by atoms with Crippen LogP contribution in [0.25, 0.3) is 0 Å². The van der Waals surface area contributed by atoms with E-state index in [1.54, 1.807) is 6.08 Å². The third kappa shape index (κ3) is 7.12. The van der Waals surface area contributed by atoms with Gasteiger partial charge in [0.25, 0.3) is 0 Å². The van der Waals surface area contributed by atoms with E-state index in [4.69, 9.17) is 14.2 Å². The second-order valence-corrected chi connectivity index (χ2v) is 6.04. The first kappa shape index (κ1) is 17.9. The van der Waals surface area contributed by atoms with Gasteiger partial charge in [0.05, 0.1) is 25.9 Å². The number of hydrogen-bond donors (Lipinski definition) is 0. The quantitative estimate of drug-likeness (QED) is 0.465. The summed E-state index contributed by atoms with van der Waals surface area (Å²) < 4.78 is 17.3. The summed E-state index contributed by atoms with van der Waals surface area (Å²) in [6.45, 7) is 9.30. The molecule has 0 N–H and O–H groups in total. The van der Waals surface area contributed by atoms with Gasteiger partial charge in [-0.25, -0.2) is 0 Å². The van der Waals surface area contributed by atoms with E-state index in [0.29, 0.717) is 25.9 Å². The lowest BCUT2D eigenvalue weighted by molar-refractivity contribution is -0.145. The van der Waals surface area contributed by atoms with Crippen LogP contribution in [0.3, 0.4) is 0 Å². The molecule has 1 unspecified atom stereocenters. The lowest BCUT2D eigenvalue weighted by atomic mass is 9.98. The summed E-state index contributed by atoms with van der Waals surface area (Å²) in [7, 11) is 0. The van der Waals surface area contributed by atoms with Gasteiger partial charge in [0, 0.05) is 0 Å². The van der Waals surface area contributed by atoms with Crippen LogP contribution in [0.15, 0.2) is 55.1 Å². The van der Waals surface area contributed by atoms with Crippen LogP contribution in [0.5, 0.6) is 0 Å². The third-order valence-electron chi connectivity index (χ3n) is 3.94. The SMILES string of the molecule is C=CC(OCC(=C)COCc1ccccc1)OC1CCCCC1. The molecule has 1 atom stereocenters. The van der Waals surface area contributed by atoms with Gasteiger partial charge in [0.15, 0.2) is 6.29 Å². The van der Waals surface area contributed by atoms with Crippen molar-refractivity contribution in [2.75, 3.05) is 13.2 Å². The van der Waals surface area contributed by atoms with Crippen molar-refractivity contribution in [1.82, 2.24) is 0 Å². The van der Waals surface area contributed by atoms with Gasteiger partial charge in [0.2, 0.25) is 0 Å². The first-order chi connectivity index (χ1) is 11.3. The molecule has 1 saturated carbocycles. The maximum Gasteiger partial charge on any atom is 0.177 e. The molecule has 0 bridgehead atoms. The van der Waals surface area contributed by atoms with Crippen LogP contribution in [0.4, 0.5) is 0 Å². The summed E-state index contributed by atoms with van der Waals surface area (Å²) in [5, 5.41) is 0. The molecular formula is C20H28O3. The molecular weight excluding hydrogens is 288 g/mol. The maximum absolute atomic E-state index is 5.94. The van der Waals surface area contributed by atoms with Gasteiger partial charge in [-0.15, -0.1) is 0 Å². The van der Waals surface area contributed by atoms with Crippen molar-refractivity contribution in [3.63, 3.8) is 0 Å². The first-order valence-corrected chi connectivity index (χ1v) is 8.46. The predicted octanol–water partition coefficient (Wildman–Crippen LogP) is 4.64. The standard InChI is InChI=1S/C20H28O3/c1-3-20(23-19-12-8-5-9-13-19)22-15-17(2)14-21-16-18-10-6-4-7-11-18/h3-4,6-7,10-11,19-20H,1-2,5,8-9,12-16H2. The lowest BCUT2D eigenvalue weighted by Gasteiger charge is -2.26. The van der Waals surface area contributed by atoms with Crippen LogP contribution in [0.1, 0.15) is 37.7 Å². The summed E-state index contributed by atoms with van der Waals surface area (Å²) in [5.74, 6) is 0. The summed E-state index contributed by atoms with van der Waals surface area (Å²) in [6, 6.07) is 10.1. The smallest absolute Gasteiger partial charge is 0.177 e. The fourth-order valence-electron chi connectivity index (χ4n) is 2.68. The predicted molar refractivity (Wildman–Crippen MR) is 93.1 cm³/mol. The Kier molecular flexibility index (Phi) is 8.08. The minimum Gasteiger partial charge on any atom is -0.372 e. The zero-order valence-electron chi connectivity index (χ0n) is 13.9. The van der Waals surface area contributed by atoms with Crippen LogP contribution in [-0.2, 0) is 20.8 Å². The monoisotopic (exact) mass is 316 g/mol. The Morgan fingerprint density at radius 2 is 1.87 bits per heavy atom. The molecule has 1 aliphatic rings. The second-order valence-electron chi connectivity index (χ2n) is 6.04. The van der Waals surface area contributed by atoms with Gasteiger partial charge in [-0.05, 0) is 30.1 Å². The van der Waals surface area contributed by atoms with E-state index in [1.807, 2.05) is 30.3 Å². The molecule has 126 valence electrons. The minimum absolute atomic E-state index is 0.300. The van der Waals surface area contributed by atoms with Crippen LogP contribution < -0.4 is 0 Å². The summed E-state index contributed by atoms with van der Waals surface area (Å²) >= 11 is 0. The molecule has 3 nitrogen and oxygen atoms in total.